The van der Waals surface area contributed by atoms with E-state index >= 15 is 0 Å². The zero-order valence-electron chi connectivity index (χ0n) is 5.54. The van der Waals surface area contributed by atoms with E-state index in [1.807, 2.05) is 0 Å². The maximum absolute atomic E-state index is 10.1. The standard InChI is InChI=1S/C6H8O3.Y/c1-5(7)3-2-4-6(8)9;/h4H,1-3H2,(H,8,9);/q-2;. The summed E-state index contributed by atoms with van der Waals surface area (Å²) in [6, 6.07) is 0. The minimum Gasteiger partial charge on any atom is -0.503 e. The van der Waals surface area contributed by atoms with Gasteiger partial charge in [0.25, 0.3) is 0 Å². The third kappa shape index (κ3) is 10.9. The number of carbonyl (C=O) groups is 2. The third-order valence-corrected chi connectivity index (χ3v) is 0.742. The van der Waals surface area contributed by atoms with Crippen LogP contribution in [0, 0.1) is 13.3 Å². The van der Waals surface area contributed by atoms with Crippen LogP contribution in [0.5, 0.6) is 0 Å². The van der Waals surface area contributed by atoms with Crippen LogP contribution in [-0.2, 0) is 42.3 Å². The molecule has 0 spiro atoms. The Morgan fingerprint density at radius 1 is 1.50 bits per heavy atom. The number of Topliss-reactive ketones (excluding diaryl/α,β-unsaturated/α-hetero) is 1. The molecule has 0 aromatic carbocycles. The SMILES string of the molecule is [CH2-]C(=O)CC[CH-]C(=O)O.[Y]. The normalized spacial score (nSPS) is 7.60. The number of hydrogen-bond donors (Lipinski definition) is 1. The van der Waals surface area contributed by atoms with Crippen LogP contribution in [-0.4, -0.2) is 16.9 Å². The van der Waals surface area contributed by atoms with E-state index in [0.717, 1.165) is 6.42 Å². The Morgan fingerprint density at radius 2 is 2.00 bits per heavy atom. The number of aliphatic carboxylic acids is 1. The van der Waals surface area contributed by atoms with Gasteiger partial charge in [-0.1, -0.05) is 0 Å². The van der Waals surface area contributed by atoms with Gasteiger partial charge in [-0.25, -0.2) is 0 Å². The van der Waals surface area contributed by atoms with Crippen molar-refractivity contribution in [1.29, 1.82) is 0 Å². The van der Waals surface area contributed by atoms with Crippen molar-refractivity contribution in [3.05, 3.63) is 13.3 Å². The Kier molecular flexibility index (Phi) is 8.97. The van der Waals surface area contributed by atoms with Crippen molar-refractivity contribution in [3.63, 3.8) is 0 Å². The summed E-state index contributed by atoms with van der Waals surface area (Å²) in [4.78, 5) is 19.9. The summed E-state index contributed by atoms with van der Waals surface area (Å²) in [6.07, 6.45) is 1.53. The van der Waals surface area contributed by atoms with Gasteiger partial charge in [0, 0.05) is 32.7 Å². The number of carbonyl (C=O) groups excluding carboxylic acids is 1. The summed E-state index contributed by atoms with van der Waals surface area (Å²) in [5.74, 6) is -1.22. The zero-order chi connectivity index (χ0) is 7.28. The van der Waals surface area contributed by atoms with E-state index in [1.165, 1.54) is 0 Å². The van der Waals surface area contributed by atoms with Crippen molar-refractivity contribution < 1.29 is 47.4 Å². The van der Waals surface area contributed by atoms with E-state index in [9.17, 15) is 9.59 Å². The molecule has 0 aromatic rings. The van der Waals surface area contributed by atoms with Gasteiger partial charge in [0.2, 0.25) is 0 Å². The summed E-state index contributed by atoms with van der Waals surface area (Å²) in [5, 5.41) is 8.04. The Morgan fingerprint density at radius 3 is 2.30 bits per heavy atom. The molecule has 0 atom stereocenters. The van der Waals surface area contributed by atoms with Gasteiger partial charge in [0.15, 0.2) is 5.97 Å². The average molecular weight is 217 g/mol. The second-order valence-corrected chi connectivity index (χ2v) is 1.62. The zero-order valence-corrected chi connectivity index (χ0v) is 8.38. The second-order valence-electron chi connectivity index (χ2n) is 1.62. The van der Waals surface area contributed by atoms with Gasteiger partial charge in [-0.2, -0.15) is 6.42 Å². The van der Waals surface area contributed by atoms with E-state index in [0.29, 0.717) is 0 Å². The summed E-state index contributed by atoms with van der Waals surface area (Å²) in [5.41, 5.74) is 0. The number of ketones is 1. The molecular formula is C6H8O3Y-2. The molecule has 0 heterocycles. The molecule has 0 amide bonds. The first-order valence-corrected chi connectivity index (χ1v) is 2.54. The summed E-state index contributed by atoms with van der Waals surface area (Å²) < 4.78 is 0. The molecule has 0 saturated heterocycles. The third-order valence-electron chi connectivity index (χ3n) is 0.742. The predicted octanol–water partition coefficient (Wildman–Crippen LogP) is 0.456. The Labute approximate surface area is 85.1 Å². The van der Waals surface area contributed by atoms with E-state index in [1.54, 1.807) is 0 Å². The molecule has 4 heteroatoms. The second kappa shape index (κ2) is 7.10. The number of rotatable bonds is 4. The first kappa shape index (κ1) is 12.6. The van der Waals surface area contributed by atoms with Gasteiger partial charge < -0.3 is 16.8 Å². The van der Waals surface area contributed by atoms with Crippen molar-refractivity contribution >= 4 is 11.8 Å². The maximum Gasteiger partial charge on any atom is 0.163 e. The Hall–Kier alpha value is -0.0161. The molecule has 3 nitrogen and oxygen atoms in total. The number of carboxylic acids is 1. The first-order valence-electron chi connectivity index (χ1n) is 2.54. The van der Waals surface area contributed by atoms with Crippen LogP contribution in [0.25, 0.3) is 0 Å². The summed E-state index contributed by atoms with van der Waals surface area (Å²) >= 11 is 0. The quantitative estimate of drug-likeness (QED) is 0.695. The fourth-order valence-electron chi connectivity index (χ4n) is 0.357. The van der Waals surface area contributed by atoms with Crippen LogP contribution in [0.15, 0.2) is 0 Å². The molecule has 10 heavy (non-hydrogen) atoms. The molecule has 0 fully saturated rings. The first-order chi connectivity index (χ1) is 4.13. The predicted molar refractivity (Wildman–Crippen MR) is 31.5 cm³/mol. The molecule has 0 aromatic heterocycles. The van der Waals surface area contributed by atoms with Gasteiger partial charge in [-0.15, -0.1) is 0 Å². The molecular weight excluding hydrogens is 209 g/mol. The molecule has 0 unspecified atom stereocenters. The van der Waals surface area contributed by atoms with Crippen LogP contribution in [0.1, 0.15) is 12.8 Å². The van der Waals surface area contributed by atoms with Crippen molar-refractivity contribution in [2.75, 3.05) is 0 Å². The van der Waals surface area contributed by atoms with Crippen molar-refractivity contribution in [1.82, 2.24) is 0 Å². The van der Waals surface area contributed by atoms with Gasteiger partial charge in [0.05, 0.1) is 0 Å². The molecule has 1 N–H and O–H groups in total. The Balaban J connectivity index is 0. The minimum absolute atomic E-state index is 0. The minimum atomic E-state index is -0.990. The maximum atomic E-state index is 10.1. The van der Waals surface area contributed by atoms with Crippen LogP contribution >= 0.6 is 0 Å². The molecule has 0 aliphatic carbocycles. The molecule has 1 radical (unpaired) electrons. The van der Waals surface area contributed by atoms with Gasteiger partial charge in [-0.05, 0) is 12.2 Å². The molecule has 55 valence electrons. The monoisotopic (exact) mass is 217 g/mol. The van der Waals surface area contributed by atoms with Crippen LogP contribution in [0.2, 0.25) is 0 Å². The molecule has 0 bridgehead atoms. The van der Waals surface area contributed by atoms with Crippen LogP contribution in [0.3, 0.4) is 0 Å². The summed E-state index contributed by atoms with van der Waals surface area (Å²) in [7, 11) is 0. The van der Waals surface area contributed by atoms with E-state index in [4.69, 9.17) is 5.11 Å². The smallest absolute Gasteiger partial charge is 0.163 e. The van der Waals surface area contributed by atoms with Crippen LogP contribution < -0.4 is 0 Å². The van der Waals surface area contributed by atoms with Crippen molar-refractivity contribution in [2.24, 2.45) is 0 Å². The van der Waals surface area contributed by atoms with Crippen molar-refractivity contribution in [3.8, 4) is 0 Å². The molecule has 0 rings (SSSR count). The van der Waals surface area contributed by atoms with Crippen molar-refractivity contribution in [2.45, 2.75) is 12.8 Å². The topological polar surface area (TPSA) is 54.4 Å². The molecule has 0 aliphatic rings. The number of hydrogen-bond acceptors (Lipinski definition) is 2. The fraction of sp³-hybridized carbons (Fsp3) is 0.333. The van der Waals surface area contributed by atoms with E-state index < -0.39 is 5.97 Å². The van der Waals surface area contributed by atoms with Gasteiger partial charge >= 0.3 is 0 Å². The van der Waals surface area contributed by atoms with Gasteiger partial charge in [0.1, 0.15) is 0 Å². The fourth-order valence-corrected chi connectivity index (χ4v) is 0.357. The largest absolute Gasteiger partial charge is 0.503 e. The van der Waals surface area contributed by atoms with E-state index in [2.05, 4.69) is 6.92 Å². The summed E-state index contributed by atoms with van der Waals surface area (Å²) in [6.45, 7) is 3.08. The molecule has 0 aliphatic heterocycles. The van der Waals surface area contributed by atoms with Crippen LogP contribution in [0.4, 0.5) is 0 Å². The Bertz CT molecular complexity index is 108. The average Bonchev–Trinajstić information content (AvgIpc) is 1.63. The van der Waals surface area contributed by atoms with E-state index in [-0.39, 0.29) is 51.3 Å². The molecule has 0 saturated carbocycles. The number of carboxylic acid groups (broad SMARTS) is 1. The van der Waals surface area contributed by atoms with Gasteiger partial charge in [-0.3, -0.25) is 11.2 Å².